The summed E-state index contributed by atoms with van der Waals surface area (Å²) in [5.74, 6) is -2.61. The van der Waals surface area contributed by atoms with Gasteiger partial charge in [-0.1, -0.05) is 0 Å². The highest BCUT2D eigenvalue weighted by Gasteiger charge is 2.35. The molecule has 1 unspecified atom stereocenters. The molecule has 0 saturated carbocycles. The van der Waals surface area contributed by atoms with Gasteiger partial charge in [0.15, 0.2) is 6.10 Å². The van der Waals surface area contributed by atoms with E-state index in [4.69, 9.17) is 10.8 Å². The van der Waals surface area contributed by atoms with Crippen LogP contribution in [-0.4, -0.2) is 22.5 Å². The number of carboxylic acid groups (broad SMARTS) is 1. The second-order valence-corrected chi connectivity index (χ2v) is 4.02. The van der Waals surface area contributed by atoms with Gasteiger partial charge in [-0.3, -0.25) is 0 Å². The molecule has 0 aliphatic heterocycles. The second-order valence-electron chi connectivity index (χ2n) is 3.16. The summed E-state index contributed by atoms with van der Waals surface area (Å²) in [5.41, 5.74) is 4.42. The van der Waals surface area contributed by atoms with Crippen molar-refractivity contribution in [1.29, 1.82) is 0 Å². The standard InChI is InChI=1S/C9H7BrF3NO4/c10-3-1-2-4(18-9(11,12)13)5(6(3)14)7(15)8(16)17/h1-2,7,15H,14H2,(H,16,17). The van der Waals surface area contributed by atoms with Gasteiger partial charge < -0.3 is 20.7 Å². The average Bonchev–Trinajstić information content (AvgIpc) is 2.21. The molecule has 1 aromatic carbocycles. The van der Waals surface area contributed by atoms with E-state index in [1.165, 1.54) is 0 Å². The van der Waals surface area contributed by atoms with Crippen molar-refractivity contribution in [2.75, 3.05) is 5.73 Å². The normalized spacial score (nSPS) is 13.2. The van der Waals surface area contributed by atoms with Crippen LogP contribution in [0, 0.1) is 0 Å². The molecule has 18 heavy (non-hydrogen) atoms. The van der Waals surface area contributed by atoms with E-state index in [-0.39, 0.29) is 10.2 Å². The maximum Gasteiger partial charge on any atom is 0.573 e. The van der Waals surface area contributed by atoms with Crippen LogP contribution in [0.1, 0.15) is 11.7 Å². The average molecular weight is 330 g/mol. The molecule has 1 aromatic rings. The lowest BCUT2D eigenvalue weighted by molar-refractivity contribution is -0.275. The quantitative estimate of drug-likeness (QED) is 0.738. The van der Waals surface area contributed by atoms with Crippen LogP contribution >= 0.6 is 15.9 Å². The van der Waals surface area contributed by atoms with Gasteiger partial charge in [-0.05, 0) is 28.1 Å². The molecule has 0 radical (unpaired) electrons. The molecule has 0 spiro atoms. The number of hydrogen-bond donors (Lipinski definition) is 3. The van der Waals surface area contributed by atoms with E-state index in [1.807, 2.05) is 0 Å². The monoisotopic (exact) mass is 329 g/mol. The number of aliphatic hydroxyl groups is 1. The van der Waals surface area contributed by atoms with Crippen molar-refractivity contribution in [1.82, 2.24) is 0 Å². The first-order valence-electron chi connectivity index (χ1n) is 4.38. The molecule has 0 heterocycles. The smallest absolute Gasteiger partial charge is 0.479 e. The molecule has 4 N–H and O–H groups in total. The van der Waals surface area contributed by atoms with Crippen LogP contribution < -0.4 is 10.5 Å². The van der Waals surface area contributed by atoms with Crippen molar-refractivity contribution >= 4 is 27.6 Å². The van der Waals surface area contributed by atoms with Crippen molar-refractivity contribution in [2.24, 2.45) is 0 Å². The molecule has 0 aliphatic carbocycles. The molecule has 9 heteroatoms. The van der Waals surface area contributed by atoms with E-state index in [1.54, 1.807) is 0 Å². The molecular formula is C9H7BrF3NO4. The molecular weight excluding hydrogens is 323 g/mol. The van der Waals surface area contributed by atoms with E-state index in [0.717, 1.165) is 12.1 Å². The highest BCUT2D eigenvalue weighted by Crippen LogP contribution is 2.38. The molecule has 0 bridgehead atoms. The SMILES string of the molecule is Nc1c(Br)ccc(OC(F)(F)F)c1C(O)C(=O)O. The van der Waals surface area contributed by atoms with Gasteiger partial charge in [0.1, 0.15) is 5.75 Å². The number of nitrogens with two attached hydrogens (primary N) is 1. The summed E-state index contributed by atoms with van der Waals surface area (Å²) in [4.78, 5) is 10.6. The molecule has 0 aliphatic rings. The number of anilines is 1. The van der Waals surface area contributed by atoms with Crippen LogP contribution in [-0.2, 0) is 4.79 Å². The predicted molar refractivity (Wildman–Crippen MR) is 57.8 cm³/mol. The zero-order chi connectivity index (χ0) is 14.1. The van der Waals surface area contributed by atoms with Crippen LogP contribution in [0.5, 0.6) is 5.75 Å². The number of benzene rings is 1. The Morgan fingerprint density at radius 2 is 2.00 bits per heavy atom. The molecule has 0 amide bonds. The fourth-order valence-electron chi connectivity index (χ4n) is 1.21. The molecule has 1 rings (SSSR count). The number of hydrogen-bond acceptors (Lipinski definition) is 4. The minimum absolute atomic E-state index is 0.146. The van der Waals surface area contributed by atoms with Crippen LogP contribution in [0.4, 0.5) is 18.9 Å². The molecule has 0 aromatic heterocycles. The van der Waals surface area contributed by atoms with Gasteiger partial charge in [-0.2, -0.15) is 0 Å². The van der Waals surface area contributed by atoms with Crippen molar-refractivity contribution in [2.45, 2.75) is 12.5 Å². The van der Waals surface area contributed by atoms with E-state index in [9.17, 15) is 23.1 Å². The molecule has 5 nitrogen and oxygen atoms in total. The summed E-state index contributed by atoms with van der Waals surface area (Å²) < 4.78 is 40.1. The van der Waals surface area contributed by atoms with Gasteiger partial charge in [-0.25, -0.2) is 4.79 Å². The summed E-state index contributed by atoms with van der Waals surface area (Å²) >= 11 is 2.91. The lowest BCUT2D eigenvalue weighted by Gasteiger charge is -2.17. The highest BCUT2D eigenvalue weighted by atomic mass is 79.9. The predicted octanol–water partition coefficient (Wildman–Crippen LogP) is 2.05. The summed E-state index contributed by atoms with van der Waals surface area (Å²) in [6, 6.07) is 2.00. The zero-order valence-electron chi connectivity index (χ0n) is 8.53. The third-order valence-electron chi connectivity index (χ3n) is 1.93. The number of rotatable bonds is 3. The lowest BCUT2D eigenvalue weighted by Crippen LogP contribution is -2.21. The van der Waals surface area contributed by atoms with Gasteiger partial charge in [0.05, 0.1) is 11.3 Å². The Kier molecular flexibility index (Phi) is 4.07. The first-order chi connectivity index (χ1) is 8.13. The van der Waals surface area contributed by atoms with Crippen LogP contribution in [0.25, 0.3) is 0 Å². The number of carboxylic acids is 1. The minimum Gasteiger partial charge on any atom is -0.479 e. The summed E-state index contributed by atoms with van der Waals surface area (Å²) in [6.07, 6.45) is -7.24. The summed E-state index contributed by atoms with van der Waals surface area (Å²) in [6.45, 7) is 0. The van der Waals surface area contributed by atoms with Gasteiger partial charge in [0.2, 0.25) is 0 Å². The number of ether oxygens (including phenoxy) is 1. The first kappa shape index (κ1) is 14.6. The maximum atomic E-state index is 12.1. The highest BCUT2D eigenvalue weighted by molar-refractivity contribution is 9.10. The van der Waals surface area contributed by atoms with E-state index in [0.29, 0.717) is 0 Å². The number of halogens is 4. The minimum atomic E-state index is -5.02. The Hall–Kier alpha value is -1.48. The number of carbonyl (C=O) groups is 1. The van der Waals surface area contributed by atoms with E-state index in [2.05, 4.69) is 20.7 Å². The Morgan fingerprint density at radius 1 is 1.44 bits per heavy atom. The van der Waals surface area contributed by atoms with Crippen LogP contribution in [0.15, 0.2) is 16.6 Å². The number of nitrogen functional groups attached to an aromatic ring is 1. The Balaban J connectivity index is 3.34. The van der Waals surface area contributed by atoms with Crippen molar-refractivity contribution < 1.29 is 32.9 Å². The van der Waals surface area contributed by atoms with Crippen molar-refractivity contribution in [3.63, 3.8) is 0 Å². The van der Waals surface area contributed by atoms with Gasteiger partial charge >= 0.3 is 12.3 Å². The molecule has 1 atom stereocenters. The van der Waals surface area contributed by atoms with Gasteiger partial charge in [0, 0.05) is 4.47 Å². The Bertz CT molecular complexity index is 478. The van der Waals surface area contributed by atoms with Crippen LogP contribution in [0.2, 0.25) is 0 Å². The molecule has 100 valence electrons. The van der Waals surface area contributed by atoms with E-state index >= 15 is 0 Å². The summed E-state index contributed by atoms with van der Waals surface area (Å²) in [5, 5.41) is 17.9. The Labute approximate surface area is 107 Å². The third kappa shape index (κ3) is 3.26. The lowest BCUT2D eigenvalue weighted by atomic mass is 10.1. The van der Waals surface area contributed by atoms with E-state index < -0.39 is 29.7 Å². The molecule has 0 saturated heterocycles. The van der Waals surface area contributed by atoms with Crippen molar-refractivity contribution in [3.05, 3.63) is 22.2 Å². The van der Waals surface area contributed by atoms with Gasteiger partial charge in [0.25, 0.3) is 0 Å². The number of aliphatic carboxylic acids is 1. The van der Waals surface area contributed by atoms with Crippen LogP contribution in [0.3, 0.4) is 0 Å². The fraction of sp³-hybridized carbons (Fsp3) is 0.222. The molecule has 0 fully saturated rings. The second kappa shape index (κ2) is 5.02. The fourth-order valence-corrected chi connectivity index (χ4v) is 1.55. The summed E-state index contributed by atoms with van der Waals surface area (Å²) in [7, 11) is 0. The zero-order valence-corrected chi connectivity index (χ0v) is 10.1. The van der Waals surface area contributed by atoms with Crippen molar-refractivity contribution in [3.8, 4) is 5.75 Å². The number of aliphatic hydroxyl groups excluding tert-OH is 1. The number of alkyl halides is 3. The third-order valence-corrected chi connectivity index (χ3v) is 2.62. The first-order valence-corrected chi connectivity index (χ1v) is 5.17. The Morgan fingerprint density at radius 3 is 2.44 bits per heavy atom. The maximum absolute atomic E-state index is 12.1. The van der Waals surface area contributed by atoms with Gasteiger partial charge in [-0.15, -0.1) is 13.2 Å². The largest absolute Gasteiger partial charge is 0.573 e. The topological polar surface area (TPSA) is 92.8 Å².